The van der Waals surface area contributed by atoms with Crippen LogP contribution in [-0.4, -0.2) is 19.7 Å². The summed E-state index contributed by atoms with van der Waals surface area (Å²) in [5.41, 5.74) is -1.39. The minimum absolute atomic E-state index is 0.246. The fourth-order valence-corrected chi connectivity index (χ4v) is 4.09. The lowest BCUT2D eigenvalue weighted by Crippen LogP contribution is -2.42. The molecule has 1 unspecified atom stereocenters. The number of rotatable bonds is 5. The molecule has 2 rings (SSSR count). The summed E-state index contributed by atoms with van der Waals surface area (Å²) in [6.07, 6.45) is -4.68. The number of nitrogens with zero attached hydrogens (tertiary/aromatic N) is 1. The molecule has 0 spiro atoms. The highest BCUT2D eigenvalue weighted by atomic mass is 35.5. The Balaban J connectivity index is 2.65. The Labute approximate surface area is 158 Å². The predicted octanol–water partition coefficient (Wildman–Crippen LogP) is 4.71. The molecule has 2 aromatic carbocycles. The van der Waals surface area contributed by atoms with Gasteiger partial charge in [0.05, 0.1) is 16.1 Å². The van der Waals surface area contributed by atoms with Crippen molar-refractivity contribution >= 4 is 44.2 Å². The van der Waals surface area contributed by atoms with Gasteiger partial charge in [-0.25, -0.2) is 8.42 Å². The first kappa shape index (κ1) is 20.5. The zero-order valence-electron chi connectivity index (χ0n) is 13.2. The van der Waals surface area contributed by atoms with E-state index in [1.54, 1.807) is 0 Å². The molecule has 0 aliphatic carbocycles. The van der Waals surface area contributed by atoms with Crippen LogP contribution in [-0.2, 0) is 21.0 Å². The first-order valence-electron chi connectivity index (χ1n) is 7.11. The van der Waals surface area contributed by atoms with Crippen molar-refractivity contribution in [2.75, 3.05) is 4.31 Å². The molecule has 4 nitrogen and oxygen atoms in total. The number of halogens is 5. The van der Waals surface area contributed by atoms with Gasteiger partial charge in [0.25, 0.3) is 10.0 Å². The standard InChI is InChI=1S/C16H12Cl2F3NO3S/c1-10(15(18)23)22(13-4-2-3-11(9-13)16(19,20)21)26(24,25)14-7-5-12(17)6-8-14/h2-10H,1H3. The summed E-state index contributed by atoms with van der Waals surface area (Å²) >= 11 is 11.2. The maximum absolute atomic E-state index is 13.0. The van der Waals surface area contributed by atoms with E-state index in [0.29, 0.717) is 10.4 Å². The summed E-state index contributed by atoms with van der Waals surface area (Å²) in [7, 11) is -4.38. The Morgan fingerprint density at radius 1 is 1.12 bits per heavy atom. The third-order valence-corrected chi connectivity index (χ3v) is 5.96. The van der Waals surface area contributed by atoms with Crippen LogP contribution in [0.25, 0.3) is 0 Å². The lowest BCUT2D eigenvalue weighted by Gasteiger charge is -2.29. The molecule has 0 amide bonds. The van der Waals surface area contributed by atoms with Gasteiger partial charge in [0.15, 0.2) is 0 Å². The first-order chi connectivity index (χ1) is 11.9. The van der Waals surface area contributed by atoms with E-state index in [1.165, 1.54) is 31.2 Å². The number of hydrogen-bond donors (Lipinski definition) is 0. The van der Waals surface area contributed by atoms with Crippen LogP contribution in [0.3, 0.4) is 0 Å². The number of anilines is 1. The van der Waals surface area contributed by atoms with E-state index < -0.39 is 33.0 Å². The highest BCUT2D eigenvalue weighted by Crippen LogP contribution is 2.34. The second kappa shape index (κ2) is 7.46. The van der Waals surface area contributed by atoms with E-state index in [9.17, 15) is 26.4 Å². The molecule has 0 aromatic heterocycles. The van der Waals surface area contributed by atoms with Crippen LogP contribution in [0.5, 0.6) is 0 Å². The van der Waals surface area contributed by atoms with E-state index in [2.05, 4.69) is 0 Å². The Morgan fingerprint density at radius 2 is 1.69 bits per heavy atom. The summed E-state index contributed by atoms with van der Waals surface area (Å²) in [5, 5.41) is -0.768. The minimum atomic E-state index is -4.68. The summed E-state index contributed by atoms with van der Waals surface area (Å²) in [4.78, 5) is 11.3. The Hall–Kier alpha value is -1.77. The van der Waals surface area contributed by atoms with Gasteiger partial charge in [0.2, 0.25) is 5.24 Å². The Morgan fingerprint density at radius 3 is 2.19 bits per heavy atom. The van der Waals surface area contributed by atoms with Crippen molar-refractivity contribution in [3.05, 3.63) is 59.1 Å². The van der Waals surface area contributed by atoms with Gasteiger partial charge in [-0.3, -0.25) is 9.10 Å². The van der Waals surface area contributed by atoms with Gasteiger partial charge in [-0.1, -0.05) is 17.7 Å². The van der Waals surface area contributed by atoms with Crippen LogP contribution in [0.1, 0.15) is 12.5 Å². The zero-order valence-corrected chi connectivity index (χ0v) is 15.5. The van der Waals surface area contributed by atoms with Gasteiger partial charge in [0.1, 0.15) is 6.04 Å². The number of alkyl halides is 3. The summed E-state index contributed by atoms with van der Waals surface area (Å²) in [6.45, 7) is 1.18. The number of sulfonamides is 1. The minimum Gasteiger partial charge on any atom is -0.279 e. The maximum Gasteiger partial charge on any atom is 0.416 e. The zero-order chi connectivity index (χ0) is 19.7. The Kier molecular flexibility index (Phi) is 5.89. The molecule has 2 aromatic rings. The average molecular weight is 426 g/mol. The third-order valence-electron chi connectivity index (χ3n) is 3.48. The molecule has 26 heavy (non-hydrogen) atoms. The number of carbonyl (C=O) groups excluding carboxylic acids is 1. The quantitative estimate of drug-likeness (QED) is 0.651. The molecule has 140 valence electrons. The SMILES string of the molecule is CC(C(=O)Cl)N(c1cccc(C(F)(F)F)c1)S(=O)(=O)c1ccc(Cl)cc1. The maximum atomic E-state index is 13.0. The number of carbonyl (C=O) groups is 1. The molecule has 0 bridgehead atoms. The average Bonchev–Trinajstić information content (AvgIpc) is 2.54. The van der Waals surface area contributed by atoms with E-state index >= 15 is 0 Å². The molecule has 0 radical (unpaired) electrons. The van der Waals surface area contributed by atoms with Crippen molar-refractivity contribution in [1.82, 2.24) is 0 Å². The molecule has 10 heteroatoms. The van der Waals surface area contributed by atoms with Gasteiger partial charge in [0, 0.05) is 5.02 Å². The molecule has 0 fully saturated rings. The van der Waals surface area contributed by atoms with Crippen molar-refractivity contribution in [3.63, 3.8) is 0 Å². The van der Waals surface area contributed by atoms with Gasteiger partial charge in [-0.05, 0) is 61.0 Å². The highest BCUT2D eigenvalue weighted by molar-refractivity contribution is 7.93. The fraction of sp³-hybridized carbons (Fsp3) is 0.188. The van der Waals surface area contributed by atoms with Crippen LogP contribution >= 0.6 is 23.2 Å². The smallest absolute Gasteiger partial charge is 0.279 e. The summed E-state index contributed by atoms with van der Waals surface area (Å²) in [6, 6.07) is 7.20. The van der Waals surface area contributed by atoms with Crippen LogP contribution < -0.4 is 4.31 Å². The van der Waals surface area contributed by atoms with Gasteiger partial charge < -0.3 is 0 Å². The lowest BCUT2D eigenvalue weighted by molar-refractivity contribution is -0.137. The van der Waals surface area contributed by atoms with Crippen LogP contribution in [0, 0.1) is 0 Å². The summed E-state index contributed by atoms with van der Waals surface area (Å²) in [5.74, 6) is 0. The molecule has 0 saturated heterocycles. The molecule has 1 atom stereocenters. The monoisotopic (exact) mass is 425 g/mol. The molecule has 0 aliphatic heterocycles. The van der Waals surface area contributed by atoms with Crippen molar-refractivity contribution in [3.8, 4) is 0 Å². The van der Waals surface area contributed by atoms with Crippen molar-refractivity contribution < 1.29 is 26.4 Å². The lowest BCUT2D eigenvalue weighted by atomic mass is 10.2. The van der Waals surface area contributed by atoms with E-state index in [-0.39, 0.29) is 15.6 Å². The highest BCUT2D eigenvalue weighted by Gasteiger charge is 2.35. The molecule has 0 N–H and O–H groups in total. The van der Waals surface area contributed by atoms with Crippen LogP contribution in [0.2, 0.25) is 5.02 Å². The summed E-state index contributed by atoms with van der Waals surface area (Å²) < 4.78 is 65.4. The van der Waals surface area contributed by atoms with Crippen molar-refractivity contribution in [2.24, 2.45) is 0 Å². The normalized spacial score (nSPS) is 13.3. The molecule has 0 aliphatic rings. The van der Waals surface area contributed by atoms with Gasteiger partial charge in [-0.2, -0.15) is 13.2 Å². The molecular weight excluding hydrogens is 414 g/mol. The van der Waals surface area contributed by atoms with E-state index in [1.807, 2.05) is 0 Å². The van der Waals surface area contributed by atoms with Crippen molar-refractivity contribution in [1.29, 1.82) is 0 Å². The van der Waals surface area contributed by atoms with Gasteiger partial charge in [-0.15, -0.1) is 0 Å². The first-order valence-corrected chi connectivity index (χ1v) is 9.31. The van der Waals surface area contributed by atoms with Crippen LogP contribution in [0.15, 0.2) is 53.4 Å². The molecule has 0 saturated carbocycles. The molecular formula is C16H12Cl2F3NO3S. The second-order valence-corrected chi connectivity index (χ2v) is 7.91. The van der Waals surface area contributed by atoms with Crippen LogP contribution in [0.4, 0.5) is 18.9 Å². The topological polar surface area (TPSA) is 54.5 Å². The fourth-order valence-electron chi connectivity index (χ4n) is 2.20. The van der Waals surface area contributed by atoms with Gasteiger partial charge >= 0.3 is 6.18 Å². The largest absolute Gasteiger partial charge is 0.416 e. The molecule has 0 heterocycles. The van der Waals surface area contributed by atoms with E-state index in [0.717, 1.165) is 18.2 Å². The third kappa shape index (κ3) is 4.31. The predicted molar refractivity (Wildman–Crippen MR) is 92.9 cm³/mol. The number of hydrogen-bond acceptors (Lipinski definition) is 3. The van der Waals surface area contributed by atoms with E-state index in [4.69, 9.17) is 23.2 Å². The van der Waals surface area contributed by atoms with Crippen molar-refractivity contribution in [2.45, 2.75) is 24.0 Å². The second-order valence-electron chi connectivity index (χ2n) is 5.28. The number of benzene rings is 2. The Bertz CT molecular complexity index is 915.